The van der Waals surface area contributed by atoms with Crippen molar-refractivity contribution in [2.24, 2.45) is 0 Å². The summed E-state index contributed by atoms with van der Waals surface area (Å²) >= 11 is 0. The van der Waals surface area contributed by atoms with Crippen molar-refractivity contribution >= 4 is 11.7 Å². The highest BCUT2D eigenvalue weighted by Gasteiger charge is 2.18. The number of hydrogen-bond acceptors (Lipinski definition) is 4. The Morgan fingerprint density at radius 2 is 2.24 bits per heavy atom. The van der Waals surface area contributed by atoms with E-state index in [0.717, 1.165) is 12.1 Å². The second-order valence-corrected chi connectivity index (χ2v) is 3.65. The zero-order valence-electron chi connectivity index (χ0n) is 9.47. The molecule has 1 aromatic carbocycles. The van der Waals surface area contributed by atoms with Crippen LogP contribution in [0.2, 0.25) is 0 Å². The number of carbonyl (C=O) groups excluding carboxylic acids is 1. The van der Waals surface area contributed by atoms with Gasteiger partial charge in [-0.3, -0.25) is 14.9 Å². The van der Waals surface area contributed by atoms with Crippen LogP contribution in [0.5, 0.6) is 0 Å². The summed E-state index contributed by atoms with van der Waals surface area (Å²) in [6, 6.07) is 3.60. The summed E-state index contributed by atoms with van der Waals surface area (Å²) in [6.07, 6.45) is 0.0965. The highest BCUT2D eigenvalue weighted by Crippen LogP contribution is 2.25. The van der Waals surface area contributed by atoms with Gasteiger partial charge in [0.2, 0.25) is 5.82 Å². The third kappa shape index (κ3) is 3.24. The standard InChI is InChI=1S/C11H12FNO4/c1-7(5-11(14)17-2)8-3-4-9(12)10(6-8)13(15)16/h3-4,6-7H,5H2,1-2H3. The minimum Gasteiger partial charge on any atom is -0.469 e. The van der Waals surface area contributed by atoms with Crippen molar-refractivity contribution < 1.29 is 18.8 Å². The van der Waals surface area contributed by atoms with Gasteiger partial charge in [0.25, 0.3) is 0 Å². The number of ether oxygens (including phenoxy) is 1. The Bertz CT molecular complexity index is 447. The number of esters is 1. The van der Waals surface area contributed by atoms with E-state index in [-0.39, 0.29) is 12.3 Å². The molecule has 6 heteroatoms. The van der Waals surface area contributed by atoms with Crippen LogP contribution >= 0.6 is 0 Å². The fraction of sp³-hybridized carbons (Fsp3) is 0.364. The van der Waals surface area contributed by atoms with Crippen LogP contribution in [0.3, 0.4) is 0 Å². The number of methoxy groups -OCH3 is 1. The van der Waals surface area contributed by atoms with Crippen molar-refractivity contribution in [1.82, 2.24) is 0 Å². The lowest BCUT2D eigenvalue weighted by Gasteiger charge is -2.10. The molecule has 92 valence electrons. The van der Waals surface area contributed by atoms with E-state index in [2.05, 4.69) is 4.74 Å². The SMILES string of the molecule is COC(=O)CC(C)c1ccc(F)c([N+](=O)[O-])c1. The van der Waals surface area contributed by atoms with Crippen molar-refractivity contribution in [1.29, 1.82) is 0 Å². The first-order valence-electron chi connectivity index (χ1n) is 4.96. The smallest absolute Gasteiger partial charge is 0.306 e. The molecule has 0 amide bonds. The number of nitrogens with zero attached hydrogens (tertiary/aromatic N) is 1. The molecule has 1 atom stereocenters. The van der Waals surface area contributed by atoms with Crippen LogP contribution in [0, 0.1) is 15.9 Å². The summed E-state index contributed by atoms with van der Waals surface area (Å²) in [6.45, 7) is 1.72. The summed E-state index contributed by atoms with van der Waals surface area (Å²) in [5.41, 5.74) is -0.0530. The van der Waals surface area contributed by atoms with Gasteiger partial charge in [0.1, 0.15) is 0 Å². The summed E-state index contributed by atoms with van der Waals surface area (Å²) in [5, 5.41) is 10.5. The predicted molar refractivity (Wildman–Crippen MR) is 58.1 cm³/mol. The van der Waals surface area contributed by atoms with E-state index in [4.69, 9.17) is 0 Å². The van der Waals surface area contributed by atoms with Crippen LogP contribution in [0.15, 0.2) is 18.2 Å². The van der Waals surface area contributed by atoms with Crippen LogP contribution in [0.25, 0.3) is 0 Å². The monoisotopic (exact) mass is 241 g/mol. The number of nitro benzene ring substituents is 1. The topological polar surface area (TPSA) is 69.4 Å². The molecule has 0 saturated heterocycles. The fourth-order valence-corrected chi connectivity index (χ4v) is 1.43. The molecule has 1 rings (SSSR count). The van der Waals surface area contributed by atoms with Gasteiger partial charge in [-0.1, -0.05) is 13.0 Å². The van der Waals surface area contributed by atoms with Crippen molar-refractivity contribution in [3.63, 3.8) is 0 Å². The maximum atomic E-state index is 13.1. The lowest BCUT2D eigenvalue weighted by atomic mass is 9.97. The normalized spacial score (nSPS) is 11.9. The molecule has 0 heterocycles. The third-order valence-electron chi connectivity index (χ3n) is 2.44. The quantitative estimate of drug-likeness (QED) is 0.461. The first kappa shape index (κ1) is 13.1. The average molecular weight is 241 g/mol. The lowest BCUT2D eigenvalue weighted by molar-refractivity contribution is -0.387. The van der Waals surface area contributed by atoms with Gasteiger partial charge in [-0.05, 0) is 17.5 Å². The molecule has 1 aromatic rings. The van der Waals surface area contributed by atoms with E-state index in [1.807, 2.05) is 0 Å². The maximum Gasteiger partial charge on any atom is 0.306 e. The molecule has 0 saturated carbocycles. The molecule has 17 heavy (non-hydrogen) atoms. The van der Waals surface area contributed by atoms with E-state index >= 15 is 0 Å². The Hall–Kier alpha value is -1.98. The van der Waals surface area contributed by atoms with Gasteiger partial charge in [0, 0.05) is 6.07 Å². The van der Waals surface area contributed by atoms with Crippen molar-refractivity contribution in [2.75, 3.05) is 7.11 Å². The second kappa shape index (κ2) is 5.38. The number of nitro groups is 1. The molecule has 0 aliphatic rings. The molecule has 0 aliphatic carbocycles. The molecule has 5 nitrogen and oxygen atoms in total. The second-order valence-electron chi connectivity index (χ2n) is 3.65. The Morgan fingerprint density at radius 1 is 1.59 bits per heavy atom. The molecule has 0 fully saturated rings. The van der Waals surface area contributed by atoms with Crippen molar-refractivity contribution in [2.45, 2.75) is 19.3 Å². The van der Waals surface area contributed by atoms with Crippen LogP contribution in [0.1, 0.15) is 24.8 Å². The summed E-state index contributed by atoms with van der Waals surface area (Å²) in [5.74, 6) is -1.56. The van der Waals surface area contributed by atoms with Gasteiger partial charge < -0.3 is 4.74 Å². The number of halogens is 1. The third-order valence-corrected chi connectivity index (χ3v) is 2.44. The zero-order valence-corrected chi connectivity index (χ0v) is 9.47. The van der Waals surface area contributed by atoms with E-state index in [1.54, 1.807) is 6.92 Å². The largest absolute Gasteiger partial charge is 0.469 e. The van der Waals surface area contributed by atoms with E-state index in [0.29, 0.717) is 5.56 Å². The Labute approximate surface area is 97.3 Å². The minimum atomic E-state index is -0.885. The zero-order chi connectivity index (χ0) is 13.0. The molecule has 0 radical (unpaired) electrons. The molecule has 0 aromatic heterocycles. The van der Waals surface area contributed by atoms with Gasteiger partial charge in [0.15, 0.2) is 0 Å². The molecule has 1 unspecified atom stereocenters. The first-order chi connectivity index (χ1) is 7.95. The average Bonchev–Trinajstić information content (AvgIpc) is 2.28. The number of carbonyl (C=O) groups is 1. The summed E-state index contributed by atoms with van der Waals surface area (Å²) in [7, 11) is 1.27. The highest BCUT2D eigenvalue weighted by atomic mass is 19.1. The van der Waals surface area contributed by atoms with Gasteiger partial charge in [-0.15, -0.1) is 0 Å². The van der Waals surface area contributed by atoms with Crippen LogP contribution in [-0.4, -0.2) is 18.0 Å². The van der Waals surface area contributed by atoms with Crippen LogP contribution < -0.4 is 0 Å². The number of benzene rings is 1. The van der Waals surface area contributed by atoms with E-state index in [1.165, 1.54) is 13.2 Å². The van der Waals surface area contributed by atoms with Gasteiger partial charge in [-0.2, -0.15) is 4.39 Å². The number of rotatable bonds is 4. The number of hydrogen-bond donors (Lipinski definition) is 0. The lowest BCUT2D eigenvalue weighted by Crippen LogP contribution is -2.06. The Kier molecular flexibility index (Phi) is 4.14. The Balaban J connectivity index is 2.95. The predicted octanol–water partition coefficient (Wildman–Crippen LogP) is 2.40. The van der Waals surface area contributed by atoms with Gasteiger partial charge in [-0.25, -0.2) is 0 Å². The molecular formula is C11H12FNO4. The van der Waals surface area contributed by atoms with Gasteiger partial charge in [0.05, 0.1) is 18.5 Å². The van der Waals surface area contributed by atoms with E-state index < -0.39 is 22.4 Å². The highest BCUT2D eigenvalue weighted by molar-refractivity contribution is 5.70. The van der Waals surface area contributed by atoms with Crippen molar-refractivity contribution in [3.8, 4) is 0 Å². The molecule has 0 N–H and O–H groups in total. The molecule has 0 aliphatic heterocycles. The van der Waals surface area contributed by atoms with Crippen LogP contribution in [0.4, 0.5) is 10.1 Å². The summed E-state index contributed by atoms with van der Waals surface area (Å²) < 4.78 is 17.6. The maximum absolute atomic E-state index is 13.1. The molecule has 0 bridgehead atoms. The van der Waals surface area contributed by atoms with Gasteiger partial charge >= 0.3 is 11.7 Å². The summed E-state index contributed by atoms with van der Waals surface area (Å²) in [4.78, 5) is 20.8. The van der Waals surface area contributed by atoms with E-state index in [9.17, 15) is 19.3 Å². The first-order valence-corrected chi connectivity index (χ1v) is 4.96. The minimum absolute atomic E-state index is 0.0965. The van der Waals surface area contributed by atoms with Crippen LogP contribution in [-0.2, 0) is 9.53 Å². The molecule has 0 spiro atoms. The molecular weight excluding hydrogens is 229 g/mol. The Morgan fingerprint density at radius 3 is 2.76 bits per heavy atom. The van der Waals surface area contributed by atoms with Crippen molar-refractivity contribution in [3.05, 3.63) is 39.7 Å². The fourth-order valence-electron chi connectivity index (χ4n) is 1.43.